The molecule has 0 aliphatic carbocycles. The first-order chi connectivity index (χ1) is 35.3. The summed E-state index contributed by atoms with van der Waals surface area (Å²) in [6, 6.07) is 68.5. The highest BCUT2D eigenvalue weighted by molar-refractivity contribution is 6.13. The zero-order chi connectivity index (χ0) is 48.5. The Hall–Kier alpha value is -9.54. The van der Waals surface area contributed by atoms with Crippen LogP contribution in [0.1, 0.15) is 23.3 Å². The summed E-state index contributed by atoms with van der Waals surface area (Å²) in [4.78, 5) is 38.6. The zero-order valence-electron chi connectivity index (χ0n) is 39.9. The lowest BCUT2D eigenvalue weighted by Crippen LogP contribution is -2.03. The van der Waals surface area contributed by atoms with E-state index in [1.54, 1.807) is 0 Å². The molecule has 72 heavy (non-hydrogen) atoms. The average molecular weight is 929 g/mol. The van der Waals surface area contributed by atoms with Crippen molar-refractivity contribution in [2.45, 2.75) is 27.7 Å². The molecule has 8 aromatic carbocycles. The van der Waals surface area contributed by atoms with Crippen molar-refractivity contribution in [3.63, 3.8) is 0 Å². The van der Waals surface area contributed by atoms with E-state index in [2.05, 4.69) is 177 Å². The topological polar surface area (TPSA) is 113 Å². The third-order valence-corrected chi connectivity index (χ3v) is 13.4. The number of nitrogens with zero attached hydrogens (tertiary/aromatic N) is 10. The number of hydrogen-bond acceptors (Lipinski definition) is 8. The maximum absolute atomic E-state index is 5.33. The first-order valence-corrected chi connectivity index (χ1v) is 24.0. The second-order valence-electron chi connectivity index (χ2n) is 18.1. The Morgan fingerprint density at radius 1 is 0.264 bits per heavy atom. The molecule has 0 spiro atoms. The minimum absolute atomic E-state index is 0.627. The second kappa shape index (κ2) is 17.1. The highest BCUT2D eigenvalue weighted by atomic mass is 15.0. The van der Waals surface area contributed by atoms with Crippen LogP contribution in [0.5, 0.6) is 0 Å². The van der Waals surface area contributed by atoms with Crippen LogP contribution in [0.25, 0.3) is 123 Å². The maximum atomic E-state index is 5.33. The van der Waals surface area contributed by atoms with E-state index in [9.17, 15) is 0 Å². The fourth-order valence-corrected chi connectivity index (χ4v) is 10.3. The van der Waals surface area contributed by atoms with E-state index in [1.807, 2.05) is 64.1 Å². The summed E-state index contributed by atoms with van der Waals surface area (Å²) in [7, 11) is 0. The van der Waals surface area contributed by atoms with Crippen LogP contribution in [-0.2, 0) is 0 Å². The predicted molar refractivity (Wildman–Crippen MR) is 289 cm³/mol. The summed E-state index contributed by atoms with van der Waals surface area (Å²) in [6.07, 6.45) is 0. The minimum atomic E-state index is 0.627. The Labute approximate surface area is 415 Å². The van der Waals surface area contributed by atoms with Crippen molar-refractivity contribution in [3.8, 4) is 79.2 Å². The molecule has 0 amide bonds. The molecule has 13 aromatic rings. The molecule has 0 N–H and O–H groups in total. The van der Waals surface area contributed by atoms with E-state index in [-0.39, 0.29) is 0 Å². The fourth-order valence-electron chi connectivity index (χ4n) is 10.3. The normalized spacial score (nSPS) is 11.6. The molecule has 0 aliphatic heterocycles. The number of hydrogen-bond donors (Lipinski definition) is 0. The van der Waals surface area contributed by atoms with Crippen molar-refractivity contribution >= 4 is 43.6 Å². The molecule has 13 rings (SSSR count). The minimum Gasteiger partial charge on any atom is -0.309 e. The van der Waals surface area contributed by atoms with Crippen LogP contribution in [-0.4, -0.2) is 49.0 Å². The summed E-state index contributed by atoms with van der Waals surface area (Å²) < 4.78 is 4.79. The van der Waals surface area contributed by atoms with Gasteiger partial charge in [-0.25, -0.2) is 39.9 Å². The molecular weight excluding hydrogens is 885 g/mol. The van der Waals surface area contributed by atoms with Crippen LogP contribution in [0.2, 0.25) is 0 Å². The lowest BCUT2D eigenvalue weighted by Gasteiger charge is -2.20. The molecule has 0 bridgehead atoms. The number of fused-ring (bicyclic) bond motifs is 6. The van der Waals surface area contributed by atoms with Crippen LogP contribution in [0.4, 0.5) is 0 Å². The average Bonchev–Trinajstić information content (AvgIpc) is 3.92. The molecule has 0 fully saturated rings. The van der Waals surface area contributed by atoms with Gasteiger partial charge in [-0.3, -0.25) is 0 Å². The van der Waals surface area contributed by atoms with Gasteiger partial charge in [0, 0.05) is 60.5 Å². The van der Waals surface area contributed by atoms with E-state index >= 15 is 0 Å². The van der Waals surface area contributed by atoms with Gasteiger partial charge in [-0.05, 0) is 100 Å². The molecule has 0 saturated heterocycles. The number of benzene rings is 8. The lowest BCUT2D eigenvalue weighted by atomic mass is 9.96. The molecule has 10 nitrogen and oxygen atoms in total. The van der Waals surface area contributed by atoms with Gasteiger partial charge >= 0.3 is 0 Å². The Morgan fingerprint density at radius 2 is 0.681 bits per heavy atom. The smallest absolute Gasteiger partial charge is 0.163 e. The Balaban J connectivity index is 1.11. The predicted octanol–water partition coefficient (Wildman–Crippen LogP) is 14.3. The molecule has 0 atom stereocenters. The largest absolute Gasteiger partial charge is 0.309 e. The fraction of sp³-hybridized carbons (Fsp3) is 0.0645. The number of aryl methyl sites for hydroxylation is 4. The van der Waals surface area contributed by atoms with Gasteiger partial charge in [-0.2, -0.15) is 0 Å². The molecule has 0 radical (unpaired) electrons. The summed E-state index contributed by atoms with van der Waals surface area (Å²) in [6.45, 7) is 7.62. The summed E-state index contributed by atoms with van der Waals surface area (Å²) >= 11 is 0. The van der Waals surface area contributed by atoms with Crippen molar-refractivity contribution < 1.29 is 0 Å². The lowest BCUT2D eigenvalue weighted by molar-refractivity contribution is 0.928. The first kappa shape index (κ1) is 42.6. The summed E-state index contributed by atoms with van der Waals surface area (Å²) in [5.41, 5.74) is 14.8. The number of para-hydroxylation sites is 3. The van der Waals surface area contributed by atoms with E-state index in [0.29, 0.717) is 40.8 Å². The Bertz CT molecular complexity index is 4010. The van der Waals surface area contributed by atoms with Crippen molar-refractivity contribution in [2.24, 2.45) is 0 Å². The summed E-state index contributed by atoms with van der Waals surface area (Å²) in [5.74, 6) is 4.60. The van der Waals surface area contributed by atoms with Gasteiger partial charge in [0.25, 0.3) is 0 Å². The van der Waals surface area contributed by atoms with Gasteiger partial charge in [0.05, 0.1) is 44.8 Å². The molecule has 0 aliphatic rings. The van der Waals surface area contributed by atoms with E-state index in [0.717, 1.165) is 94.5 Å². The Morgan fingerprint density at radius 3 is 1.24 bits per heavy atom. The van der Waals surface area contributed by atoms with Crippen molar-refractivity contribution in [1.29, 1.82) is 0 Å². The van der Waals surface area contributed by atoms with Crippen LogP contribution >= 0.6 is 0 Å². The maximum Gasteiger partial charge on any atom is 0.163 e. The van der Waals surface area contributed by atoms with Crippen LogP contribution in [0, 0.1) is 27.7 Å². The molecule has 5 aromatic heterocycles. The standard InChI is InChI=1S/C62H44N10/c1-37-63-38(2)66-61(65-37)44-28-31-58-50(34-44)51-35-45(62-67-39(3)64-40(4)68-62)29-32-59(51)72(58)57-30-27-43(53-36-52(41-17-7-5-8-18-41)69-60(70-53)42-19-9-6-10-20-42)33-49(57)48-23-13-16-26-56(48)71-54-24-14-11-21-46(54)47-22-12-15-25-55(47)71/h5-36H,1-4H3. The van der Waals surface area contributed by atoms with Gasteiger partial charge in [0.1, 0.15) is 23.3 Å². The van der Waals surface area contributed by atoms with Gasteiger partial charge in [0.15, 0.2) is 17.5 Å². The van der Waals surface area contributed by atoms with E-state index in [4.69, 9.17) is 29.9 Å². The van der Waals surface area contributed by atoms with Crippen LogP contribution < -0.4 is 0 Å². The van der Waals surface area contributed by atoms with Gasteiger partial charge < -0.3 is 9.13 Å². The third-order valence-electron chi connectivity index (χ3n) is 13.4. The van der Waals surface area contributed by atoms with Crippen LogP contribution in [0.15, 0.2) is 194 Å². The van der Waals surface area contributed by atoms with Gasteiger partial charge in [-0.15, -0.1) is 0 Å². The monoisotopic (exact) mass is 928 g/mol. The second-order valence-corrected chi connectivity index (χ2v) is 18.1. The van der Waals surface area contributed by atoms with E-state index in [1.165, 1.54) is 10.8 Å². The van der Waals surface area contributed by atoms with Gasteiger partial charge in [-0.1, -0.05) is 121 Å². The van der Waals surface area contributed by atoms with Crippen LogP contribution in [0.3, 0.4) is 0 Å². The van der Waals surface area contributed by atoms with E-state index < -0.39 is 0 Å². The first-order valence-electron chi connectivity index (χ1n) is 24.0. The Kier molecular flexibility index (Phi) is 10.1. The van der Waals surface area contributed by atoms with Crippen molar-refractivity contribution in [3.05, 3.63) is 217 Å². The molecular formula is C62H44N10. The molecule has 5 heterocycles. The van der Waals surface area contributed by atoms with Crippen molar-refractivity contribution in [1.82, 2.24) is 49.0 Å². The highest BCUT2D eigenvalue weighted by Gasteiger charge is 2.23. The molecule has 342 valence electrons. The zero-order valence-corrected chi connectivity index (χ0v) is 39.9. The molecule has 0 saturated carbocycles. The number of rotatable bonds is 8. The van der Waals surface area contributed by atoms with Crippen molar-refractivity contribution in [2.75, 3.05) is 0 Å². The quantitative estimate of drug-likeness (QED) is 0.148. The number of aromatic nitrogens is 10. The highest BCUT2D eigenvalue weighted by Crippen LogP contribution is 2.43. The molecule has 0 unspecified atom stereocenters. The third kappa shape index (κ3) is 7.36. The molecule has 10 heteroatoms. The van der Waals surface area contributed by atoms with Gasteiger partial charge in [0.2, 0.25) is 0 Å². The summed E-state index contributed by atoms with van der Waals surface area (Å²) in [5, 5.41) is 4.45. The SMILES string of the molecule is Cc1nc(C)nc(-c2ccc3c(c2)c2cc(-c4nc(C)nc(C)n4)ccc2n3-c2ccc(-c3cc(-c4ccccc4)nc(-c4ccccc4)n3)cc2-c2ccccc2-n2c3ccccc3c3ccccc32)n1.